The third kappa shape index (κ3) is 5.15. The highest BCUT2D eigenvalue weighted by molar-refractivity contribution is 9.09. The van der Waals surface area contributed by atoms with Gasteiger partial charge in [0.15, 0.2) is 6.29 Å². The minimum absolute atomic E-state index is 0.0275. The van der Waals surface area contributed by atoms with Crippen molar-refractivity contribution < 1.29 is 9.47 Å². The molecule has 96 valence electrons. The highest BCUT2D eigenvalue weighted by Gasteiger charge is 2.26. The van der Waals surface area contributed by atoms with Crippen molar-refractivity contribution >= 4 is 15.9 Å². The van der Waals surface area contributed by atoms with E-state index in [4.69, 9.17) is 9.47 Å². The summed E-state index contributed by atoms with van der Waals surface area (Å²) in [7, 11) is 0. The van der Waals surface area contributed by atoms with E-state index >= 15 is 0 Å². The van der Waals surface area contributed by atoms with Crippen molar-refractivity contribution in [1.29, 1.82) is 0 Å². The molecule has 0 aliphatic carbocycles. The SMILES string of the molecule is CCCCCC(CC)OC1OCCCC1Br. The van der Waals surface area contributed by atoms with E-state index in [9.17, 15) is 0 Å². The van der Waals surface area contributed by atoms with E-state index in [1.54, 1.807) is 0 Å². The molecule has 0 aromatic carbocycles. The van der Waals surface area contributed by atoms with Gasteiger partial charge in [-0.15, -0.1) is 0 Å². The van der Waals surface area contributed by atoms with Crippen molar-refractivity contribution in [3.05, 3.63) is 0 Å². The molecule has 0 aromatic rings. The molecule has 1 rings (SSSR count). The maximum absolute atomic E-state index is 6.03. The van der Waals surface area contributed by atoms with Crippen LogP contribution in [0.15, 0.2) is 0 Å². The maximum Gasteiger partial charge on any atom is 0.170 e. The lowest BCUT2D eigenvalue weighted by Crippen LogP contribution is -2.35. The molecule has 2 nitrogen and oxygen atoms in total. The Labute approximate surface area is 108 Å². The fourth-order valence-electron chi connectivity index (χ4n) is 2.02. The Morgan fingerprint density at radius 2 is 2.19 bits per heavy atom. The van der Waals surface area contributed by atoms with Gasteiger partial charge in [0.1, 0.15) is 0 Å². The van der Waals surface area contributed by atoms with Crippen LogP contribution in [0, 0.1) is 0 Å². The van der Waals surface area contributed by atoms with Gasteiger partial charge in [0.25, 0.3) is 0 Å². The summed E-state index contributed by atoms with van der Waals surface area (Å²) < 4.78 is 11.7. The van der Waals surface area contributed by atoms with E-state index in [2.05, 4.69) is 29.8 Å². The number of unbranched alkanes of at least 4 members (excludes halogenated alkanes) is 2. The molecule has 1 heterocycles. The number of ether oxygens (including phenoxy) is 2. The molecule has 0 spiro atoms. The first-order chi connectivity index (χ1) is 7.77. The van der Waals surface area contributed by atoms with Crippen molar-refractivity contribution in [3.63, 3.8) is 0 Å². The van der Waals surface area contributed by atoms with Crippen molar-refractivity contribution in [2.45, 2.75) is 76.0 Å². The average molecular weight is 293 g/mol. The molecule has 1 fully saturated rings. The lowest BCUT2D eigenvalue weighted by Gasteiger charge is -2.31. The fourth-order valence-corrected chi connectivity index (χ4v) is 2.62. The predicted octanol–water partition coefficient (Wildman–Crippen LogP) is 4.26. The zero-order chi connectivity index (χ0) is 11.8. The molecule has 3 atom stereocenters. The molecule has 1 aliphatic heterocycles. The van der Waals surface area contributed by atoms with Gasteiger partial charge in [0.05, 0.1) is 10.9 Å². The summed E-state index contributed by atoms with van der Waals surface area (Å²) in [6.45, 7) is 5.28. The van der Waals surface area contributed by atoms with Crippen LogP contribution in [0.5, 0.6) is 0 Å². The summed E-state index contributed by atoms with van der Waals surface area (Å²) in [6.07, 6.45) is 8.76. The summed E-state index contributed by atoms with van der Waals surface area (Å²) >= 11 is 3.64. The van der Waals surface area contributed by atoms with Crippen LogP contribution in [-0.2, 0) is 9.47 Å². The molecule has 0 bridgehead atoms. The van der Waals surface area contributed by atoms with E-state index < -0.39 is 0 Å². The van der Waals surface area contributed by atoms with Crippen LogP contribution < -0.4 is 0 Å². The second kappa shape index (κ2) is 8.48. The lowest BCUT2D eigenvalue weighted by molar-refractivity contribution is -0.185. The van der Waals surface area contributed by atoms with Gasteiger partial charge in [-0.25, -0.2) is 0 Å². The summed E-state index contributed by atoms with van der Waals surface area (Å²) in [4.78, 5) is 0.376. The van der Waals surface area contributed by atoms with Gasteiger partial charge in [-0.2, -0.15) is 0 Å². The number of alkyl halides is 1. The Bertz CT molecular complexity index is 175. The maximum atomic E-state index is 6.03. The van der Waals surface area contributed by atoms with Crippen molar-refractivity contribution in [3.8, 4) is 0 Å². The molecule has 1 saturated heterocycles. The Morgan fingerprint density at radius 1 is 1.38 bits per heavy atom. The predicted molar refractivity (Wildman–Crippen MR) is 71.0 cm³/mol. The van der Waals surface area contributed by atoms with Gasteiger partial charge in [-0.1, -0.05) is 49.0 Å². The minimum atomic E-state index is -0.0275. The third-order valence-electron chi connectivity index (χ3n) is 3.11. The van der Waals surface area contributed by atoms with E-state index in [1.165, 1.54) is 25.7 Å². The first-order valence-corrected chi connectivity index (χ1v) is 7.60. The number of hydrogen-bond acceptors (Lipinski definition) is 2. The molecule has 0 saturated carbocycles. The number of halogens is 1. The molecule has 16 heavy (non-hydrogen) atoms. The second-order valence-electron chi connectivity index (χ2n) is 4.56. The second-order valence-corrected chi connectivity index (χ2v) is 5.74. The van der Waals surface area contributed by atoms with Gasteiger partial charge >= 0.3 is 0 Å². The molecular weight excluding hydrogens is 268 g/mol. The van der Waals surface area contributed by atoms with Crippen molar-refractivity contribution in [2.75, 3.05) is 6.61 Å². The number of hydrogen-bond donors (Lipinski definition) is 0. The van der Waals surface area contributed by atoms with E-state index in [-0.39, 0.29) is 6.29 Å². The van der Waals surface area contributed by atoms with Gasteiger partial charge in [0, 0.05) is 6.61 Å². The van der Waals surface area contributed by atoms with Crippen molar-refractivity contribution in [2.24, 2.45) is 0 Å². The average Bonchev–Trinajstić information content (AvgIpc) is 2.30. The third-order valence-corrected chi connectivity index (χ3v) is 4.00. The monoisotopic (exact) mass is 292 g/mol. The molecule has 3 unspecified atom stereocenters. The Hall–Kier alpha value is 0.400. The van der Waals surface area contributed by atoms with Crippen LogP contribution in [0.3, 0.4) is 0 Å². The van der Waals surface area contributed by atoms with E-state index in [0.29, 0.717) is 10.9 Å². The van der Waals surface area contributed by atoms with Crippen LogP contribution >= 0.6 is 15.9 Å². The topological polar surface area (TPSA) is 18.5 Å². The Morgan fingerprint density at radius 3 is 2.81 bits per heavy atom. The summed E-state index contributed by atoms with van der Waals surface area (Å²) in [5.74, 6) is 0. The molecule has 0 N–H and O–H groups in total. The van der Waals surface area contributed by atoms with Crippen LogP contribution in [0.2, 0.25) is 0 Å². The van der Waals surface area contributed by atoms with Crippen LogP contribution in [-0.4, -0.2) is 23.8 Å². The highest BCUT2D eigenvalue weighted by atomic mass is 79.9. The van der Waals surface area contributed by atoms with Crippen LogP contribution in [0.4, 0.5) is 0 Å². The normalized spacial score (nSPS) is 27.9. The molecule has 0 amide bonds. The van der Waals surface area contributed by atoms with Gasteiger partial charge in [-0.3, -0.25) is 0 Å². The van der Waals surface area contributed by atoms with Gasteiger partial charge < -0.3 is 9.47 Å². The first kappa shape index (κ1) is 14.5. The summed E-state index contributed by atoms with van der Waals surface area (Å²) in [6, 6.07) is 0. The largest absolute Gasteiger partial charge is 0.351 e. The van der Waals surface area contributed by atoms with Gasteiger partial charge in [0.2, 0.25) is 0 Å². The van der Waals surface area contributed by atoms with Crippen LogP contribution in [0.1, 0.15) is 58.8 Å². The molecule has 0 radical (unpaired) electrons. The fraction of sp³-hybridized carbons (Fsp3) is 1.00. The smallest absolute Gasteiger partial charge is 0.170 e. The quantitative estimate of drug-likeness (QED) is 0.516. The van der Waals surface area contributed by atoms with Crippen molar-refractivity contribution in [1.82, 2.24) is 0 Å². The lowest BCUT2D eigenvalue weighted by atomic mass is 10.1. The first-order valence-electron chi connectivity index (χ1n) is 6.69. The Balaban J connectivity index is 2.24. The summed E-state index contributed by atoms with van der Waals surface area (Å²) in [5, 5.41) is 0. The standard InChI is InChI=1S/C13H25BrO2/c1-3-5-6-8-11(4-2)16-13-12(14)9-7-10-15-13/h11-13H,3-10H2,1-2H3. The molecule has 0 aromatic heterocycles. The molecule has 3 heteroatoms. The van der Waals surface area contributed by atoms with E-state index in [1.807, 2.05) is 0 Å². The van der Waals surface area contributed by atoms with Crippen LogP contribution in [0.25, 0.3) is 0 Å². The Kier molecular flexibility index (Phi) is 7.67. The zero-order valence-electron chi connectivity index (χ0n) is 10.6. The van der Waals surface area contributed by atoms with Gasteiger partial charge in [-0.05, 0) is 25.7 Å². The molecule has 1 aliphatic rings. The number of rotatable bonds is 7. The van der Waals surface area contributed by atoms with E-state index in [0.717, 1.165) is 25.9 Å². The molecular formula is C13H25BrO2. The zero-order valence-corrected chi connectivity index (χ0v) is 12.2. The summed E-state index contributed by atoms with van der Waals surface area (Å²) in [5.41, 5.74) is 0. The minimum Gasteiger partial charge on any atom is -0.351 e. The highest BCUT2D eigenvalue weighted by Crippen LogP contribution is 2.24.